The van der Waals surface area contributed by atoms with E-state index in [2.05, 4.69) is 0 Å². The summed E-state index contributed by atoms with van der Waals surface area (Å²) in [5, 5.41) is 9.18. The van der Waals surface area contributed by atoms with Crippen LogP contribution in [-0.2, 0) is 14.3 Å². The number of hydrogen-bond donors (Lipinski definition) is 0. The van der Waals surface area contributed by atoms with Crippen molar-refractivity contribution in [2.24, 2.45) is 0 Å². The molecule has 0 amide bonds. The van der Waals surface area contributed by atoms with Crippen LogP contribution in [0, 0.1) is 11.3 Å². The number of nitrogens with zero attached hydrogens (tertiary/aromatic N) is 1. The highest BCUT2D eigenvalue weighted by Crippen LogP contribution is 2.42. The van der Waals surface area contributed by atoms with E-state index in [1.54, 1.807) is 19.1 Å². The van der Waals surface area contributed by atoms with E-state index in [4.69, 9.17) is 23.7 Å². The van der Waals surface area contributed by atoms with Gasteiger partial charge in [-0.15, -0.1) is 0 Å². The molecule has 2 rings (SSSR count). The number of ether oxygens (including phenoxy) is 5. The van der Waals surface area contributed by atoms with Gasteiger partial charge < -0.3 is 23.7 Å². The quantitative estimate of drug-likeness (QED) is 0.449. The summed E-state index contributed by atoms with van der Waals surface area (Å²) in [5.74, 6) is 0.742. The van der Waals surface area contributed by atoms with E-state index in [-0.39, 0.29) is 19.0 Å². The third-order valence-electron chi connectivity index (χ3n) is 3.04. The number of esters is 1. The number of methoxy groups -OCH3 is 2. The summed E-state index contributed by atoms with van der Waals surface area (Å²) >= 11 is 0. The van der Waals surface area contributed by atoms with Crippen LogP contribution < -0.4 is 14.2 Å². The van der Waals surface area contributed by atoms with Crippen molar-refractivity contribution < 1.29 is 28.5 Å². The Morgan fingerprint density at radius 3 is 2.87 bits per heavy atom. The minimum absolute atomic E-state index is 0.0978. The molecule has 0 unspecified atom stereocenters. The van der Waals surface area contributed by atoms with Crippen LogP contribution in [-0.4, -0.2) is 39.7 Å². The highest BCUT2D eigenvalue weighted by Gasteiger charge is 2.21. The summed E-state index contributed by atoms with van der Waals surface area (Å²) in [6.07, 6.45) is 0.960. The average molecular weight is 319 g/mol. The zero-order valence-electron chi connectivity index (χ0n) is 13.1. The summed E-state index contributed by atoms with van der Waals surface area (Å²) in [6, 6.07) is 5.15. The normalized spacial score (nSPS) is 14.1. The lowest BCUT2D eigenvalue weighted by Gasteiger charge is -2.11. The van der Waals surface area contributed by atoms with Crippen molar-refractivity contribution in [2.45, 2.75) is 13.0 Å². The second-order valence-electron chi connectivity index (χ2n) is 4.80. The molecule has 23 heavy (non-hydrogen) atoms. The van der Waals surface area contributed by atoms with Crippen LogP contribution in [0.2, 0.25) is 0 Å². The molecule has 1 aromatic carbocycles. The molecular weight excluding hydrogens is 302 g/mol. The van der Waals surface area contributed by atoms with Gasteiger partial charge >= 0.3 is 5.97 Å². The molecule has 1 atom stereocenters. The molecule has 1 aromatic rings. The zero-order chi connectivity index (χ0) is 16.8. The average Bonchev–Trinajstić information content (AvgIpc) is 3.00. The van der Waals surface area contributed by atoms with E-state index in [1.165, 1.54) is 20.3 Å². The topological polar surface area (TPSA) is 87.0 Å². The molecule has 122 valence electrons. The second kappa shape index (κ2) is 7.51. The zero-order valence-corrected chi connectivity index (χ0v) is 13.1. The Labute approximate surface area is 134 Å². The van der Waals surface area contributed by atoms with Gasteiger partial charge in [-0.1, -0.05) is 0 Å². The molecule has 1 aliphatic heterocycles. The number of carbonyl (C=O) groups excluding carboxylic acids is 1. The van der Waals surface area contributed by atoms with Crippen molar-refractivity contribution in [3.8, 4) is 23.3 Å². The molecule has 0 bridgehead atoms. The van der Waals surface area contributed by atoms with Gasteiger partial charge in [0, 0.05) is 7.11 Å². The molecule has 0 saturated carbocycles. The lowest BCUT2D eigenvalue weighted by atomic mass is 10.1. The fraction of sp³-hybridized carbons (Fsp3) is 0.375. The molecule has 1 heterocycles. The number of hydrogen-bond acceptors (Lipinski definition) is 7. The predicted molar refractivity (Wildman–Crippen MR) is 80.1 cm³/mol. The number of benzene rings is 1. The third kappa shape index (κ3) is 3.93. The molecule has 7 nitrogen and oxygen atoms in total. The Hall–Kier alpha value is -2.72. The van der Waals surface area contributed by atoms with Crippen LogP contribution in [0.4, 0.5) is 0 Å². The molecule has 0 N–H and O–H groups in total. The van der Waals surface area contributed by atoms with Crippen molar-refractivity contribution in [1.82, 2.24) is 0 Å². The number of carbonyl (C=O) groups is 1. The van der Waals surface area contributed by atoms with E-state index in [0.29, 0.717) is 22.8 Å². The minimum Gasteiger partial charge on any atom is -0.493 e. The van der Waals surface area contributed by atoms with Gasteiger partial charge in [0.15, 0.2) is 11.5 Å². The summed E-state index contributed by atoms with van der Waals surface area (Å²) < 4.78 is 25.8. The van der Waals surface area contributed by atoms with E-state index in [0.717, 1.165) is 0 Å². The molecule has 0 aliphatic carbocycles. The first-order chi connectivity index (χ1) is 11.1. The van der Waals surface area contributed by atoms with E-state index >= 15 is 0 Å². The lowest BCUT2D eigenvalue weighted by Crippen LogP contribution is -2.20. The maximum Gasteiger partial charge on any atom is 0.349 e. The third-order valence-corrected chi connectivity index (χ3v) is 3.04. The van der Waals surface area contributed by atoms with Gasteiger partial charge in [0.2, 0.25) is 12.5 Å². The van der Waals surface area contributed by atoms with E-state index in [9.17, 15) is 10.1 Å². The van der Waals surface area contributed by atoms with Gasteiger partial charge in [0.05, 0.1) is 13.7 Å². The molecule has 0 spiro atoms. The molecule has 0 saturated heterocycles. The van der Waals surface area contributed by atoms with Gasteiger partial charge in [-0.3, -0.25) is 0 Å². The first-order valence-corrected chi connectivity index (χ1v) is 6.88. The maximum atomic E-state index is 12.0. The smallest absolute Gasteiger partial charge is 0.349 e. The van der Waals surface area contributed by atoms with Crippen molar-refractivity contribution in [2.75, 3.05) is 27.6 Å². The monoisotopic (exact) mass is 319 g/mol. The van der Waals surface area contributed by atoms with Gasteiger partial charge in [0.25, 0.3) is 0 Å². The van der Waals surface area contributed by atoms with Crippen molar-refractivity contribution in [3.63, 3.8) is 0 Å². The highest BCUT2D eigenvalue weighted by molar-refractivity contribution is 5.98. The highest BCUT2D eigenvalue weighted by atomic mass is 16.7. The van der Waals surface area contributed by atoms with Crippen LogP contribution in [0.5, 0.6) is 17.2 Å². The molecule has 0 fully saturated rings. The maximum absolute atomic E-state index is 12.0. The molecule has 0 aromatic heterocycles. The second-order valence-corrected chi connectivity index (χ2v) is 4.80. The molecular formula is C16H17NO6. The van der Waals surface area contributed by atoms with Crippen LogP contribution in [0.25, 0.3) is 6.08 Å². The largest absolute Gasteiger partial charge is 0.493 e. The summed E-state index contributed by atoms with van der Waals surface area (Å²) in [7, 11) is 3.00. The Morgan fingerprint density at radius 2 is 2.22 bits per heavy atom. The first-order valence-electron chi connectivity index (χ1n) is 6.88. The predicted octanol–water partition coefficient (Wildman–Crippen LogP) is 1.91. The number of nitriles is 1. The SMILES string of the molecule is COC[C@@H](C)OC(=O)/C(C#N)=C/c1cc(OC)c2c(c1)OCO2. The van der Waals surface area contributed by atoms with Crippen LogP contribution in [0.3, 0.4) is 0 Å². The Balaban J connectivity index is 2.25. The Bertz CT molecular complexity index is 661. The summed E-state index contributed by atoms with van der Waals surface area (Å²) in [5.41, 5.74) is 0.438. The summed E-state index contributed by atoms with van der Waals surface area (Å²) in [6.45, 7) is 2.03. The van der Waals surface area contributed by atoms with Crippen molar-refractivity contribution in [1.29, 1.82) is 5.26 Å². The van der Waals surface area contributed by atoms with Crippen LogP contribution in [0.1, 0.15) is 12.5 Å². The number of rotatable bonds is 6. The molecule has 1 aliphatic rings. The van der Waals surface area contributed by atoms with Crippen molar-refractivity contribution in [3.05, 3.63) is 23.3 Å². The Kier molecular flexibility index (Phi) is 5.44. The molecule has 7 heteroatoms. The fourth-order valence-electron chi connectivity index (χ4n) is 2.05. The fourth-order valence-corrected chi connectivity index (χ4v) is 2.05. The van der Waals surface area contributed by atoms with E-state index < -0.39 is 12.1 Å². The first kappa shape index (κ1) is 16.6. The van der Waals surface area contributed by atoms with Gasteiger partial charge in [0.1, 0.15) is 17.7 Å². The van der Waals surface area contributed by atoms with Gasteiger partial charge in [-0.25, -0.2) is 4.79 Å². The minimum atomic E-state index is -0.714. The Morgan fingerprint density at radius 1 is 1.43 bits per heavy atom. The van der Waals surface area contributed by atoms with Crippen molar-refractivity contribution >= 4 is 12.0 Å². The lowest BCUT2D eigenvalue weighted by molar-refractivity contribution is -0.145. The number of fused-ring (bicyclic) bond motifs is 1. The van der Waals surface area contributed by atoms with Crippen LogP contribution >= 0.6 is 0 Å². The van der Waals surface area contributed by atoms with Gasteiger partial charge in [-0.05, 0) is 30.7 Å². The molecule has 0 radical (unpaired) electrons. The van der Waals surface area contributed by atoms with Crippen LogP contribution in [0.15, 0.2) is 17.7 Å². The van der Waals surface area contributed by atoms with E-state index in [1.807, 2.05) is 6.07 Å². The van der Waals surface area contributed by atoms with Gasteiger partial charge in [-0.2, -0.15) is 5.26 Å². The standard InChI is InChI=1S/C16H17NO6/c1-10(8-19-2)23-16(18)12(7-17)4-11-5-13(20-3)15-14(6-11)21-9-22-15/h4-6,10H,8-9H2,1-3H3/b12-4+/t10-/m1/s1. The summed E-state index contributed by atoms with van der Waals surface area (Å²) in [4.78, 5) is 12.0.